The van der Waals surface area contributed by atoms with Gasteiger partial charge in [-0.1, -0.05) is 19.9 Å². The van der Waals surface area contributed by atoms with Gasteiger partial charge in [-0.15, -0.1) is 0 Å². The molecule has 1 radical (unpaired) electrons. The van der Waals surface area contributed by atoms with Crippen molar-refractivity contribution >= 4 is 5.82 Å². The summed E-state index contributed by atoms with van der Waals surface area (Å²) in [6.07, 6.45) is 1.02. The van der Waals surface area contributed by atoms with Crippen LogP contribution in [0.2, 0.25) is 0 Å². The minimum Gasteiger partial charge on any atom is -0.384 e. The van der Waals surface area contributed by atoms with E-state index in [1.165, 1.54) is 17.2 Å². The molecule has 2 heterocycles. The summed E-state index contributed by atoms with van der Waals surface area (Å²) >= 11 is 0. The summed E-state index contributed by atoms with van der Waals surface area (Å²) in [7, 11) is 0. The van der Waals surface area contributed by atoms with Crippen LogP contribution in [-0.2, 0) is 13.0 Å². The van der Waals surface area contributed by atoms with Crippen molar-refractivity contribution in [1.29, 1.82) is 0 Å². The van der Waals surface area contributed by atoms with E-state index in [0.29, 0.717) is 5.82 Å². The van der Waals surface area contributed by atoms with Gasteiger partial charge in [-0.2, -0.15) is 0 Å². The fourth-order valence-corrected chi connectivity index (χ4v) is 2.07. The Hall–Kier alpha value is -1.09. The van der Waals surface area contributed by atoms with Crippen LogP contribution in [0.25, 0.3) is 0 Å². The van der Waals surface area contributed by atoms with E-state index in [4.69, 9.17) is 5.73 Å². The normalized spacial score (nSPS) is 16.7. The molecule has 0 saturated carbocycles. The van der Waals surface area contributed by atoms with Crippen LogP contribution < -0.4 is 5.73 Å². The number of anilines is 1. The average Bonchev–Trinajstić information content (AvgIpc) is 2.17. The van der Waals surface area contributed by atoms with Crippen molar-refractivity contribution in [3.8, 4) is 0 Å². The van der Waals surface area contributed by atoms with Crippen molar-refractivity contribution in [3.05, 3.63) is 29.3 Å². The summed E-state index contributed by atoms with van der Waals surface area (Å²) in [5.41, 5.74) is 8.18. The molecule has 2 N–H and O–H groups in total. The molecule has 0 aliphatic carbocycles. The molecule has 0 spiro atoms. The molecule has 0 aromatic carbocycles. The summed E-state index contributed by atoms with van der Waals surface area (Å²) in [4.78, 5) is 6.83. The van der Waals surface area contributed by atoms with Crippen LogP contribution in [0.3, 0.4) is 0 Å². The number of rotatable bonds is 2. The second-order valence-corrected chi connectivity index (χ2v) is 4.51. The molecule has 0 amide bonds. The minimum absolute atomic E-state index is 0.639. The predicted molar refractivity (Wildman–Crippen MR) is 62.2 cm³/mol. The van der Waals surface area contributed by atoms with E-state index in [0.717, 1.165) is 26.1 Å². The lowest BCUT2D eigenvalue weighted by Crippen LogP contribution is -2.33. The summed E-state index contributed by atoms with van der Waals surface area (Å²) in [6, 6.07) is 4.00. The predicted octanol–water partition coefficient (Wildman–Crippen LogP) is 1.64. The molecular weight excluding hydrogens is 186 g/mol. The maximum atomic E-state index is 5.67. The molecule has 2 rings (SSSR count). The van der Waals surface area contributed by atoms with Gasteiger partial charge in [-0.3, -0.25) is 4.90 Å². The number of nitrogens with zero attached hydrogens (tertiary/aromatic N) is 2. The summed E-state index contributed by atoms with van der Waals surface area (Å²) in [5.74, 6) is 2.10. The third-order valence-electron chi connectivity index (χ3n) is 2.69. The maximum Gasteiger partial charge on any atom is 0.123 e. The molecule has 1 aromatic rings. The van der Waals surface area contributed by atoms with Gasteiger partial charge < -0.3 is 5.73 Å². The maximum absolute atomic E-state index is 5.67. The SMILES string of the molecule is C[C](C)CN1CCc2nc(N)ccc2C1. The van der Waals surface area contributed by atoms with E-state index in [1.54, 1.807) is 0 Å². The van der Waals surface area contributed by atoms with Crippen LogP contribution in [0.1, 0.15) is 25.1 Å². The zero-order valence-corrected chi connectivity index (χ0v) is 9.45. The van der Waals surface area contributed by atoms with E-state index in [9.17, 15) is 0 Å². The van der Waals surface area contributed by atoms with Crippen molar-refractivity contribution in [2.24, 2.45) is 0 Å². The highest BCUT2D eigenvalue weighted by Gasteiger charge is 2.17. The standard InChI is InChI=1S/C12H18N3/c1-9(2)7-15-6-5-11-10(8-15)3-4-12(13)14-11/h3-4H,5-8H2,1-2H3,(H2,13,14). The Balaban J connectivity index is 2.10. The fraction of sp³-hybridized carbons (Fsp3) is 0.500. The summed E-state index contributed by atoms with van der Waals surface area (Å²) < 4.78 is 0. The highest BCUT2D eigenvalue weighted by Crippen LogP contribution is 2.19. The van der Waals surface area contributed by atoms with Crippen LogP contribution in [0.15, 0.2) is 12.1 Å². The van der Waals surface area contributed by atoms with Crippen molar-refractivity contribution in [2.45, 2.75) is 26.8 Å². The van der Waals surface area contributed by atoms with Crippen LogP contribution in [0.4, 0.5) is 5.82 Å². The van der Waals surface area contributed by atoms with E-state index in [2.05, 4.69) is 29.8 Å². The average molecular weight is 204 g/mol. The van der Waals surface area contributed by atoms with Gasteiger partial charge in [0.2, 0.25) is 0 Å². The first-order valence-electron chi connectivity index (χ1n) is 5.41. The fourth-order valence-electron chi connectivity index (χ4n) is 2.07. The second-order valence-electron chi connectivity index (χ2n) is 4.51. The molecule has 15 heavy (non-hydrogen) atoms. The number of aromatic nitrogens is 1. The first-order valence-corrected chi connectivity index (χ1v) is 5.41. The molecule has 0 bridgehead atoms. The zero-order valence-electron chi connectivity index (χ0n) is 9.45. The highest BCUT2D eigenvalue weighted by atomic mass is 15.1. The van der Waals surface area contributed by atoms with Gasteiger partial charge in [-0.25, -0.2) is 4.98 Å². The lowest BCUT2D eigenvalue weighted by molar-refractivity contribution is 0.262. The molecule has 1 aliphatic rings. The van der Waals surface area contributed by atoms with Crippen LogP contribution in [0.5, 0.6) is 0 Å². The number of hydrogen-bond donors (Lipinski definition) is 1. The Labute approximate surface area is 91.3 Å². The molecule has 0 atom stereocenters. The lowest BCUT2D eigenvalue weighted by atomic mass is 10.0. The van der Waals surface area contributed by atoms with Crippen molar-refractivity contribution in [2.75, 3.05) is 18.8 Å². The van der Waals surface area contributed by atoms with Crippen LogP contribution in [-0.4, -0.2) is 23.0 Å². The van der Waals surface area contributed by atoms with Crippen molar-refractivity contribution in [1.82, 2.24) is 9.88 Å². The van der Waals surface area contributed by atoms with Crippen molar-refractivity contribution < 1.29 is 0 Å². The molecule has 0 saturated heterocycles. The number of fused-ring (bicyclic) bond motifs is 1. The third kappa shape index (κ3) is 2.48. The number of nitrogen functional groups attached to an aromatic ring is 1. The third-order valence-corrected chi connectivity index (χ3v) is 2.69. The largest absolute Gasteiger partial charge is 0.384 e. The second kappa shape index (κ2) is 4.19. The van der Waals surface area contributed by atoms with E-state index >= 15 is 0 Å². The van der Waals surface area contributed by atoms with E-state index in [-0.39, 0.29) is 0 Å². The van der Waals surface area contributed by atoms with Gasteiger partial charge in [-0.05, 0) is 17.5 Å². The van der Waals surface area contributed by atoms with Gasteiger partial charge in [0.25, 0.3) is 0 Å². The Morgan fingerprint density at radius 1 is 1.47 bits per heavy atom. The number of pyridine rings is 1. The lowest BCUT2D eigenvalue weighted by Gasteiger charge is -2.29. The minimum atomic E-state index is 0.639. The summed E-state index contributed by atoms with van der Waals surface area (Å²) in [6.45, 7) is 7.54. The highest BCUT2D eigenvalue weighted by molar-refractivity contribution is 5.35. The van der Waals surface area contributed by atoms with E-state index in [1.807, 2.05) is 6.07 Å². The number of hydrogen-bond acceptors (Lipinski definition) is 3. The smallest absolute Gasteiger partial charge is 0.123 e. The summed E-state index contributed by atoms with van der Waals surface area (Å²) in [5, 5.41) is 0. The first kappa shape index (κ1) is 10.4. The molecule has 0 fully saturated rings. The van der Waals surface area contributed by atoms with Gasteiger partial charge >= 0.3 is 0 Å². The Morgan fingerprint density at radius 3 is 3.00 bits per heavy atom. The molecule has 3 nitrogen and oxygen atoms in total. The molecule has 1 aliphatic heterocycles. The van der Waals surface area contributed by atoms with Gasteiger partial charge in [0.05, 0.1) is 0 Å². The topological polar surface area (TPSA) is 42.2 Å². The molecule has 81 valence electrons. The van der Waals surface area contributed by atoms with Crippen molar-refractivity contribution in [3.63, 3.8) is 0 Å². The Kier molecular flexibility index (Phi) is 2.91. The number of nitrogens with two attached hydrogens (primary N) is 1. The van der Waals surface area contributed by atoms with E-state index < -0.39 is 0 Å². The van der Waals surface area contributed by atoms with Gasteiger partial charge in [0.15, 0.2) is 0 Å². The molecular formula is C12H18N3. The monoisotopic (exact) mass is 204 g/mol. The van der Waals surface area contributed by atoms with Gasteiger partial charge in [0, 0.05) is 31.7 Å². The van der Waals surface area contributed by atoms with Gasteiger partial charge in [0.1, 0.15) is 5.82 Å². The van der Waals surface area contributed by atoms with Crippen LogP contribution >= 0.6 is 0 Å². The molecule has 3 heteroatoms. The zero-order chi connectivity index (χ0) is 10.8. The van der Waals surface area contributed by atoms with Crippen LogP contribution in [0, 0.1) is 5.92 Å². The Morgan fingerprint density at radius 2 is 2.27 bits per heavy atom. The molecule has 1 aromatic heterocycles. The quantitative estimate of drug-likeness (QED) is 0.796. The first-order chi connectivity index (χ1) is 7.15. The Bertz CT molecular complexity index is 347. The molecule has 0 unspecified atom stereocenters.